The maximum absolute atomic E-state index is 12.8. The molecule has 2 bridgehead atoms. The molecular weight excluding hydrogens is 438 g/mol. The van der Waals surface area contributed by atoms with E-state index < -0.39 is 29.7 Å². The third kappa shape index (κ3) is 4.17. The molecule has 1 heterocycles. The van der Waals surface area contributed by atoms with Gasteiger partial charge in [0.05, 0.1) is 11.1 Å². The van der Waals surface area contributed by atoms with Crippen LogP contribution in [0.5, 0.6) is 17.2 Å². The molecule has 8 heteroatoms. The first-order chi connectivity index (χ1) is 16.0. The van der Waals surface area contributed by atoms with Crippen molar-refractivity contribution in [1.82, 2.24) is 4.90 Å². The molecule has 0 saturated heterocycles. The van der Waals surface area contributed by atoms with Crippen molar-refractivity contribution in [3.63, 3.8) is 0 Å². The zero-order valence-corrected chi connectivity index (χ0v) is 20.4. The lowest BCUT2D eigenvalue weighted by atomic mass is 9.75. The highest BCUT2D eigenvalue weighted by Gasteiger charge is 2.47. The summed E-state index contributed by atoms with van der Waals surface area (Å²) in [4.78, 5) is 27.2. The number of hydrogen-bond acceptors (Lipinski definition) is 8. The number of carbonyl (C=O) groups is 2. The second-order valence-corrected chi connectivity index (χ2v) is 9.13. The lowest BCUT2D eigenvalue weighted by Gasteiger charge is -2.50. The molecule has 3 rings (SSSR count). The molecule has 0 saturated carbocycles. The Morgan fingerprint density at radius 2 is 1.50 bits per heavy atom. The molecule has 184 valence electrons. The van der Waals surface area contributed by atoms with Gasteiger partial charge in [0.25, 0.3) is 0 Å². The molecule has 2 aromatic carbocycles. The van der Waals surface area contributed by atoms with Crippen LogP contribution in [0.25, 0.3) is 0 Å². The predicted octanol–water partition coefficient (Wildman–Crippen LogP) is 3.02. The summed E-state index contributed by atoms with van der Waals surface area (Å²) in [5.74, 6) is -2.76. The molecule has 2 unspecified atom stereocenters. The third-order valence-corrected chi connectivity index (χ3v) is 6.39. The number of benzene rings is 2. The fraction of sp³-hybridized carbons (Fsp3) is 0.462. The van der Waals surface area contributed by atoms with Gasteiger partial charge in [0.2, 0.25) is 0 Å². The van der Waals surface area contributed by atoms with Gasteiger partial charge in [0.1, 0.15) is 17.2 Å². The Balaban J connectivity index is 2.45. The van der Waals surface area contributed by atoms with Crippen LogP contribution >= 0.6 is 0 Å². The van der Waals surface area contributed by atoms with Gasteiger partial charge in [0.15, 0.2) is 12.2 Å². The number of ether oxygens (including phenoxy) is 2. The predicted molar refractivity (Wildman–Crippen MR) is 126 cm³/mol. The number of hydrogen-bond donors (Lipinski definition) is 3. The van der Waals surface area contributed by atoms with Crippen molar-refractivity contribution in [3.8, 4) is 17.2 Å². The van der Waals surface area contributed by atoms with Gasteiger partial charge in [-0.2, -0.15) is 0 Å². The second-order valence-electron chi connectivity index (χ2n) is 9.13. The van der Waals surface area contributed by atoms with Gasteiger partial charge in [-0.05, 0) is 46.6 Å². The summed E-state index contributed by atoms with van der Waals surface area (Å²) in [6.45, 7) is 11.8. The number of esters is 2. The Labute approximate surface area is 199 Å². The quantitative estimate of drug-likeness (QED) is 0.435. The zero-order chi connectivity index (χ0) is 25.4. The first kappa shape index (κ1) is 25.7. The van der Waals surface area contributed by atoms with Crippen LogP contribution in [0.15, 0.2) is 36.4 Å². The Morgan fingerprint density at radius 3 is 2.00 bits per heavy atom. The average molecular weight is 472 g/mol. The Kier molecular flexibility index (Phi) is 7.35. The number of nitrogens with zero attached hydrogens (tertiary/aromatic N) is 1. The van der Waals surface area contributed by atoms with Crippen molar-refractivity contribution in [2.24, 2.45) is 0 Å². The number of carbonyl (C=O) groups excluding carboxylic acids is 2. The van der Waals surface area contributed by atoms with Gasteiger partial charge in [-0.15, -0.1) is 0 Å². The van der Waals surface area contributed by atoms with Crippen LogP contribution < -0.4 is 9.47 Å². The van der Waals surface area contributed by atoms with Crippen molar-refractivity contribution >= 4 is 11.9 Å². The summed E-state index contributed by atoms with van der Waals surface area (Å²) in [5.41, 5.74) is 0.524. The summed E-state index contributed by atoms with van der Waals surface area (Å²) in [7, 11) is 0. The van der Waals surface area contributed by atoms with Crippen molar-refractivity contribution in [1.29, 1.82) is 0 Å². The fourth-order valence-electron chi connectivity index (χ4n) is 5.12. The monoisotopic (exact) mass is 471 g/mol. The van der Waals surface area contributed by atoms with Crippen molar-refractivity contribution < 1.29 is 34.4 Å². The lowest BCUT2D eigenvalue weighted by Crippen LogP contribution is -2.54. The third-order valence-electron chi connectivity index (χ3n) is 6.39. The number of phenols is 1. The van der Waals surface area contributed by atoms with Crippen LogP contribution in [-0.4, -0.2) is 56.4 Å². The largest absolute Gasteiger partial charge is 0.507 e. The van der Waals surface area contributed by atoms with E-state index >= 15 is 0 Å². The molecule has 0 spiro atoms. The van der Waals surface area contributed by atoms with Crippen LogP contribution in [0, 0.1) is 6.92 Å². The van der Waals surface area contributed by atoms with Gasteiger partial charge in [0, 0.05) is 23.7 Å². The van der Waals surface area contributed by atoms with Gasteiger partial charge < -0.3 is 24.8 Å². The molecule has 0 fully saturated rings. The highest BCUT2D eigenvalue weighted by molar-refractivity contribution is 5.89. The zero-order valence-electron chi connectivity index (χ0n) is 20.4. The summed E-state index contributed by atoms with van der Waals surface area (Å²) < 4.78 is 10.8. The Bertz CT molecular complexity index is 1060. The fourth-order valence-corrected chi connectivity index (χ4v) is 5.12. The summed E-state index contributed by atoms with van der Waals surface area (Å²) in [6.07, 6.45) is -3.77. The Hall–Kier alpha value is -2.94. The molecule has 8 nitrogen and oxygen atoms in total. The summed E-state index contributed by atoms with van der Waals surface area (Å²) in [6, 6.07) is 10.9. The molecule has 3 N–H and O–H groups in total. The van der Waals surface area contributed by atoms with Crippen LogP contribution in [0.2, 0.25) is 0 Å². The highest BCUT2D eigenvalue weighted by atomic mass is 16.6. The van der Waals surface area contributed by atoms with E-state index in [1.165, 1.54) is 6.07 Å². The van der Waals surface area contributed by atoms with Gasteiger partial charge in [-0.1, -0.05) is 37.3 Å². The lowest BCUT2D eigenvalue weighted by molar-refractivity contribution is -0.161. The number of aliphatic hydroxyl groups excluding tert-OH is 2. The van der Waals surface area contributed by atoms with E-state index in [-0.39, 0.29) is 34.9 Å². The number of aliphatic hydroxyl groups is 2. The highest BCUT2D eigenvalue weighted by Crippen LogP contribution is 2.52. The number of fused-ring (bicyclic) bond motifs is 2. The molecule has 0 aromatic heterocycles. The number of rotatable bonds is 6. The van der Waals surface area contributed by atoms with Gasteiger partial charge in [-0.3, -0.25) is 4.90 Å². The molecule has 1 aliphatic heterocycles. The number of aromatic hydroxyl groups is 1. The molecular formula is C26H33NO7. The van der Waals surface area contributed by atoms with Crippen LogP contribution in [0.4, 0.5) is 0 Å². The van der Waals surface area contributed by atoms with Gasteiger partial charge >= 0.3 is 11.9 Å². The van der Waals surface area contributed by atoms with E-state index in [1.54, 1.807) is 6.92 Å². The average Bonchev–Trinajstić information content (AvgIpc) is 2.80. The smallest absolute Gasteiger partial charge is 0.343 e. The minimum atomic E-state index is -2.14. The van der Waals surface area contributed by atoms with E-state index in [0.29, 0.717) is 12.0 Å². The van der Waals surface area contributed by atoms with Crippen LogP contribution in [-0.2, 0) is 15.1 Å². The molecule has 34 heavy (non-hydrogen) atoms. The summed E-state index contributed by atoms with van der Waals surface area (Å²) in [5, 5.41) is 31.6. The first-order valence-corrected chi connectivity index (χ1v) is 11.5. The SMILES string of the molecule is CC[C@@](c1ccccc1)(c1c(O)cc2c(C)c1OC(=O)C(O)C(O)C(=O)O2)N(C(C)C)C(C)C. The van der Waals surface area contributed by atoms with E-state index in [1.807, 2.05) is 65.0 Å². The summed E-state index contributed by atoms with van der Waals surface area (Å²) >= 11 is 0. The maximum atomic E-state index is 12.8. The van der Waals surface area contributed by atoms with Gasteiger partial charge in [-0.25, -0.2) is 9.59 Å². The van der Waals surface area contributed by atoms with E-state index in [0.717, 1.165) is 5.56 Å². The van der Waals surface area contributed by atoms with E-state index in [2.05, 4.69) is 4.90 Å². The normalized spacial score (nSPS) is 20.4. The molecule has 2 aromatic rings. The van der Waals surface area contributed by atoms with E-state index in [9.17, 15) is 24.9 Å². The Morgan fingerprint density at radius 1 is 0.971 bits per heavy atom. The van der Waals surface area contributed by atoms with Crippen molar-refractivity contribution in [2.75, 3.05) is 0 Å². The maximum Gasteiger partial charge on any atom is 0.343 e. The van der Waals surface area contributed by atoms with Crippen LogP contribution in [0.3, 0.4) is 0 Å². The topological polar surface area (TPSA) is 117 Å². The molecule has 0 amide bonds. The minimum absolute atomic E-state index is 0.0158. The minimum Gasteiger partial charge on any atom is -0.507 e. The first-order valence-electron chi connectivity index (χ1n) is 11.5. The molecule has 0 radical (unpaired) electrons. The van der Waals surface area contributed by atoms with Crippen molar-refractivity contribution in [2.45, 2.75) is 77.8 Å². The standard InChI is InChI=1S/C26H33NO7/c1-7-26(17-11-9-8-10-12-17,27(14(2)3)15(4)5)20-18(28)13-19-16(6)23(20)34-25(32)22(30)21(29)24(31)33-19/h8-15,21-22,28-30H,7H2,1-6H3/t21?,22?,26-/m1/s1. The molecule has 1 aliphatic rings. The number of phenolic OH excluding ortho intramolecular Hbond substituents is 1. The van der Waals surface area contributed by atoms with Crippen molar-refractivity contribution in [3.05, 3.63) is 53.1 Å². The molecule has 3 atom stereocenters. The van der Waals surface area contributed by atoms with E-state index in [4.69, 9.17) is 9.47 Å². The van der Waals surface area contributed by atoms with Crippen LogP contribution in [0.1, 0.15) is 57.7 Å². The second kappa shape index (κ2) is 9.74. The molecule has 0 aliphatic carbocycles.